The number of aliphatic hydroxyl groups excluding tert-OH is 1. The number of likely N-dealkylation sites (N-methyl/N-ethyl adjacent to an activating group) is 1. The van der Waals surface area contributed by atoms with Crippen LogP contribution in [0.2, 0.25) is 5.02 Å². The lowest BCUT2D eigenvalue weighted by Crippen LogP contribution is -2.42. The molecule has 1 aliphatic carbocycles. The normalized spacial score (nSPS) is 18.1. The highest BCUT2D eigenvalue weighted by atomic mass is 35.5. The van der Waals surface area contributed by atoms with Gasteiger partial charge in [-0.3, -0.25) is 4.79 Å². The second kappa shape index (κ2) is 11.8. The van der Waals surface area contributed by atoms with Crippen molar-refractivity contribution in [1.82, 2.24) is 4.98 Å². The molecule has 0 saturated heterocycles. The zero-order valence-electron chi connectivity index (χ0n) is 23.1. The maximum atomic E-state index is 13.9. The molecule has 2 atom stereocenters. The average Bonchev–Trinajstić information content (AvgIpc) is 2.92. The molecule has 1 amide bonds. The number of aromatic nitrogens is 1. The maximum Gasteiger partial charge on any atom is 0.416 e. The Morgan fingerprint density at radius 3 is 2.07 bits per heavy atom. The number of hydrogen-bond donors (Lipinski definition) is 2. The molecule has 0 aliphatic heterocycles. The van der Waals surface area contributed by atoms with E-state index in [9.17, 15) is 36.2 Å². The molecule has 2 N–H and O–H groups in total. The van der Waals surface area contributed by atoms with Crippen molar-refractivity contribution in [3.63, 3.8) is 0 Å². The van der Waals surface area contributed by atoms with Gasteiger partial charge < -0.3 is 15.3 Å². The number of hydrogen-bond acceptors (Lipinski definition) is 4. The lowest BCUT2D eigenvalue weighted by Gasteiger charge is -2.32. The number of pyridine rings is 1. The van der Waals surface area contributed by atoms with Gasteiger partial charge in [0.2, 0.25) is 5.91 Å². The summed E-state index contributed by atoms with van der Waals surface area (Å²) in [6.45, 7) is 2.54. The molecule has 5 nitrogen and oxygen atoms in total. The third-order valence-corrected chi connectivity index (χ3v) is 7.95. The van der Waals surface area contributed by atoms with Gasteiger partial charge in [0.15, 0.2) is 0 Å². The topological polar surface area (TPSA) is 65.5 Å². The van der Waals surface area contributed by atoms with Crippen LogP contribution in [0.15, 0.2) is 54.7 Å². The van der Waals surface area contributed by atoms with Gasteiger partial charge in [0.25, 0.3) is 0 Å². The molecule has 4 rings (SSSR count). The van der Waals surface area contributed by atoms with Gasteiger partial charge in [-0.15, -0.1) is 0 Å². The minimum atomic E-state index is -5.06. The number of benzene rings is 2. The van der Waals surface area contributed by atoms with Crippen LogP contribution >= 0.6 is 11.6 Å². The van der Waals surface area contributed by atoms with E-state index < -0.39 is 46.5 Å². The first-order valence-electron chi connectivity index (χ1n) is 13.3. The van der Waals surface area contributed by atoms with Crippen LogP contribution in [-0.4, -0.2) is 35.2 Å². The van der Waals surface area contributed by atoms with Gasteiger partial charge in [0, 0.05) is 23.2 Å². The van der Waals surface area contributed by atoms with Gasteiger partial charge in [-0.25, -0.2) is 4.98 Å². The summed E-state index contributed by atoms with van der Waals surface area (Å²) >= 11 is 6.49. The van der Waals surface area contributed by atoms with Crippen molar-refractivity contribution in [3.8, 4) is 11.1 Å². The SMILES string of the molecule is CN(C(=O)C(C)(C)c1cc(C(F)(F)F)cc(C(F)(F)F)c1)c1cnc(NC2CCCCC2O)cc1-c1ccccc1Cl. The van der Waals surface area contributed by atoms with E-state index in [4.69, 9.17) is 11.6 Å². The number of alkyl halides is 6. The van der Waals surface area contributed by atoms with Gasteiger partial charge >= 0.3 is 12.4 Å². The summed E-state index contributed by atoms with van der Waals surface area (Å²) in [5.74, 6) is -0.360. The summed E-state index contributed by atoms with van der Waals surface area (Å²) in [4.78, 5) is 19.4. The molecule has 1 heterocycles. The second-order valence-corrected chi connectivity index (χ2v) is 11.4. The number of halogens is 7. The highest BCUT2D eigenvalue weighted by Gasteiger charge is 2.41. The molecule has 0 spiro atoms. The minimum absolute atomic E-state index is 0.0299. The molecule has 226 valence electrons. The first kappa shape index (κ1) is 31.6. The number of anilines is 2. The lowest BCUT2D eigenvalue weighted by molar-refractivity contribution is -0.143. The molecule has 2 aromatic carbocycles. The van der Waals surface area contributed by atoms with Crippen LogP contribution in [0, 0.1) is 0 Å². The van der Waals surface area contributed by atoms with E-state index in [0.29, 0.717) is 40.5 Å². The molecule has 0 bridgehead atoms. The van der Waals surface area contributed by atoms with Gasteiger partial charge in [-0.05, 0) is 62.6 Å². The summed E-state index contributed by atoms with van der Waals surface area (Å²) in [7, 11) is 1.37. The van der Waals surface area contributed by atoms with Crippen molar-refractivity contribution in [2.45, 2.75) is 69.4 Å². The van der Waals surface area contributed by atoms with Crippen molar-refractivity contribution in [2.75, 3.05) is 17.3 Å². The highest BCUT2D eigenvalue weighted by molar-refractivity contribution is 6.33. The number of amides is 1. The molecule has 3 aromatic rings. The fraction of sp³-hybridized carbons (Fsp3) is 0.400. The van der Waals surface area contributed by atoms with Crippen LogP contribution in [0.5, 0.6) is 0 Å². The molecule has 1 saturated carbocycles. The van der Waals surface area contributed by atoms with Crippen molar-refractivity contribution in [3.05, 3.63) is 76.4 Å². The van der Waals surface area contributed by atoms with Gasteiger partial charge in [0.05, 0.1) is 40.6 Å². The predicted octanol–water partition coefficient (Wildman–Crippen LogP) is 8.10. The molecule has 0 radical (unpaired) electrons. The van der Waals surface area contributed by atoms with E-state index in [1.807, 2.05) is 0 Å². The van der Waals surface area contributed by atoms with E-state index in [2.05, 4.69) is 10.3 Å². The van der Waals surface area contributed by atoms with Gasteiger partial charge in [-0.2, -0.15) is 26.3 Å². The second-order valence-electron chi connectivity index (χ2n) is 11.0. The Kier molecular flexibility index (Phi) is 8.85. The summed E-state index contributed by atoms with van der Waals surface area (Å²) in [5.41, 5.74) is -4.05. The van der Waals surface area contributed by atoms with E-state index in [0.717, 1.165) is 24.2 Å². The smallest absolute Gasteiger partial charge is 0.391 e. The number of rotatable bonds is 6. The van der Waals surface area contributed by atoms with Gasteiger partial charge in [0.1, 0.15) is 5.82 Å². The van der Waals surface area contributed by atoms with Crippen molar-refractivity contribution >= 4 is 29.0 Å². The Balaban J connectivity index is 1.77. The number of aliphatic hydroxyl groups is 1. The molecule has 2 unspecified atom stereocenters. The Morgan fingerprint density at radius 2 is 1.50 bits per heavy atom. The zero-order chi connectivity index (χ0) is 31.0. The largest absolute Gasteiger partial charge is 0.416 e. The quantitative estimate of drug-likeness (QED) is 0.276. The summed E-state index contributed by atoms with van der Waals surface area (Å²) < 4.78 is 81.3. The lowest BCUT2D eigenvalue weighted by atomic mass is 9.81. The van der Waals surface area contributed by atoms with Crippen molar-refractivity contribution in [2.24, 2.45) is 0 Å². The number of nitrogens with one attached hydrogen (secondary N) is 1. The summed E-state index contributed by atoms with van der Waals surface area (Å²) in [5, 5.41) is 14.0. The first-order chi connectivity index (χ1) is 19.5. The molecule has 1 aromatic heterocycles. The van der Waals surface area contributed by atoms with Crippen molar-refractivity contribution < 1.29 is 36.2 Å². The van der Waals surface area contributed by atoms with Gasteiger partial charge in [-0.1, -0.05) is 42.6 Å². The van der Waals surface area contributed by atoms with E-state index in [-0.39, 0.29) is 17.8 Å². The molecule has 1 fully saturated rings. The zero-order valence-corrected chi connectivity index (χ0v) is 23.8. The fourth-order valence-corrected chi connectivity index (χ4v) is 5.36. The first-order valence-corrected chi connectivity index (χ1v) is 13.7. The van der Waals surface area contributed by atoms with Crippen molar-refractivity contribution in [1.29, 1.82) is 0 Å². The Bertz CT molecular complexity index is 1430. The van der Waals surface area contributed by atoms with Crippen LogP contribution in [0.25, 0.3) is 11.1 Å². The average molecular weight is 614 g/mol. The van der Waals surface area contributed by atoms with Crippen LogP contribution in [0.1, 0.15) is 56.2 Å². The monoisotopic (exact) mass is 613 g/mol. The van der Waals surface area contributed by atoms with Crippen LogP contribution in [-0.2, 0) is 22.6 Å². The van der Waals surface area contributed by atoms with Crippen LogP contribution < -0.4 is 10.2 Å². The van der Waals surface area contributed by atoms with E-state index in [1.165, 1.54) is 27.1 Å². The summed E-state index contributed by atoms with van der Waals surface area (Å²) in [6.07, 6.45) is -6.08. The van der Waals surface area contributed by atoms with Crippen LogP contribution in [0.4, 0.5) is 37.8 Å². The number of carbonyl (C=O) groups is 1. The Hall–Kier alpha value is -3.31. The Labute approximate surface area is 244 Å². The Morgan fingerprint density at radius 1 is 0.929 bits per heavy atom. The fourth-order valence-electron chi connectivity index (χ4n) is 5.13. The third-order valence-electron chi connectivity index (χ3n) is 7.62. The standard InChI is InChI=1S/C30H30ClF6N3O2/c1-28(2,17-12-18(29(32,33)34)14-19(13-17)30(35,36)37)27(42)40(3)24-16-38-26(39-23-10-6-7-11-25(23)41)15-21(24)20-8-4-5-9-22(20)31/h4-5,8-9,12-16,23,25,41H,6-7,10-11H2,1-3H3,(H,38,39). The van der Waals surface area contributed by atoms with E-state index in [1.54, 1.807) is 30.3 Å². The molecule has 1 aliphatic rings. The minimum Gasteiger partial charge on any atom is -0.391 e. The number of nitrogens with zero attached hydrogens (tertiary/aromatic N) is 2. The van der Waals surface area contributed by atoms with E-state index >= 15 is 0 Å². The maximum absolute atomic E-state index is 13.9. The molecule has 42 heavy (non-hydrogen) atoms. The molecule has 12 heteroatoms. The van der Waals surface area contributed by atoms with Crippen LogP contribution in [0.3, 0.4) is 0 Å². The highest BCUT2D eigenvalue weighted by Crippen LogP contribution is 2.41. The predicted molar refractivity (Wildman–Crippen MR) is 149 cm³/mol. The summed E-state index contributed by atoms with van der Waals surface area (Å²) in [6, 6.07) is 9.39. The molecular weight excluding hydrogens is 584 g/mol. The number of carbonyl (C=O) groups excluding carboxylic acids is 1. The molecular formula is C30H30ClF6N3O2. The third kappa shape index (κ3) is 6.67.